The zero-order valence-corrected chi connectivity index (χ0v) is 13.1. The van der Waals surface area contributed by atoms with Crippen molar-refractivity contribution in [3.63, 3.8) is 0 Å². The number of rotatable bonds is 3. The molecule has 118 valence electrons. The van der Waals surface area contributed by atoms with Crippen LogP contribution in [0.2, 0.25) is 5.02 Å². The predicted octanol–water partition coefficient (Wildman–Crippen LogP) is 1.74. The number of likely N-dealkylation sites (tertiary alicyclic amines) is 1. The lowest BCUT2D eigenvalue weighted by Crippen LogP contribution is -2.33. The Balaban J connectivity index is 1.74. The third-order valence-corrected chi connectivity index (χ3v) is 4.20. The molecule has 2 aromatic rings. The number of carbonyl (C=O) groups is 1. The van der Waals surface area contributed by atoms with Gasteiger partial charge >= 0.3 is 6.03 Å². The maximum absolute atomic E-state index is 11.2. The number of halogens is 1. The summed E-state index contributed by atoms with van der Waals surface area (Å²) in [5, 5.41) is 18.0. The lowest BCUT2D eigenvalue weighted by molar-refractivity contribution is 0.216. The molecular formula is C15H15ClN6O. The monoisotopic (exact) mass is 330 g/mol. The lowest BCUT2D eigenvalue weighted by Gasteiger charge is -2.12. The van der Waals surface area contributed by atoms with E-state index in [1.54, 1.807) is 34.0 Å². The van der Waals surface area contributed by atoms with Crippen LogP contribution in [0.5, 0.6) is 0 Å². The maximum Gasteiger partial charge on any atom is 0.314 e. The fourth-order valence-electron chi connectivity index (χ4n) is 2.80. The highest BCUT2D eigenvalue weighted by molar-refractivity contribution is 6.30. The van der Waals surface area contributed by atoms with Crippen LogP contribution in [0.25, 0.3) is 5.69 Å². The van der Waals surface area contributed by atoms with Crippen molar-refractivity contribution in [2.24, 2.45) is 11.7 Å². The molecular weight excluding hydrogens is 316 g/mol. The zero-order valence-electron chi connectivity index (χ0n) is 12.3. The second-order valence-corrected chi connectivity index (χ2v) is 6.01. The van der Waals surface area contributed by atoms with Crippen LogP contribution in [0.15, 0.2) is 24.4 Å². The van der Waals surface area contributed by atoms with E-state index in [9.17, 15) is 10.1 Å². The van der Waals surface area contributed by atoms with E-state index in [4.69, 9.17) is 17.3 Å². The Bertz CT molecular complexity index is 781. The van der Waals surface area contributed by atoms with Crippen molar-refractivity contribution in [3.8, 4) is 11.8 Å². The molecule has 1 aromatic carbocycles. The molecule has 1 aromatic heterocycles. The molecule has 0 radical (unpaired) electrons. The molecule has 0 spiro atoms. The highest BCUT2D eigenvalue weighted by atomic mass is 35.5. The fourth-order valence-corrected chi connectivity index (χ4v) is 2.97. The average molecular weight is 331 g/mol. The number of hydrogen-bond donors (Lipinski definition) is 1. The van der Waals surface area contributed by atoms with Gasteiger partial charge in [0.05, 0.1) is 23.1 Å². The van der Waals surface area contributed by atoms with Gasteiger partial charge in [0, 0.05) is 18.1 Å². The number of aromatic nitrogens is 3. The van der Waals surface area contributed by atoms with E-state index < -0.39 is 0 Å². The Kier molecular flexibility index (Phi) is 4.17. The molecule has 23 heavy (non-hydrogen) atoms. The van der Waals surface area contributed by atoms with Gasteiger partial charge in [-0.3, -0.25) is 0 Å². The third kappa shape index (κ3) is 3.27. The Hall–Kier alpha value is -2.59. The molecule has 0 bridgehead atoms. The van der Waals surface area contributed by atoms with Gasteiger partial charge in [0.1, 0.15) is 6.07 Å². The number of primary amides is 1. The molecule has 2 amide bonds. The summed E-state index contributed by atoms with van der Waals surface area (Å²) in [5.74, 6) is 0.327. The van der Waals surface area contributed by atoms with Crippen LogP contribution in [0.3, 0.4) is 0 Å². The molecule has 2 N–H and O–H groups in total. The molecule has 0 aliphatic carbocycles. The number of carbonyl (C=O) groups excluding carboxylic acids is 1. The van der Waals surface area contributed by atoms with Crippen LogP contribution in [-0.2, 0) is 6.42 Å². The highest BCUT2D eigenvalue weighted by Gasteiger charge is 2.25. The molecule has 1 saturated heterocycles. The van der Waals surface area contributed by atoms with Gasteiger partial charge in [0.15, 0.2) is 0 Å². The number of nitriles is 1. The summed E-state index contributed by atoms with van der Waals surface area (Å²) in [6.07, 6.45) is 3.43. The van der Waals surface area contributed by atoms with Crippen molar-refractivity contribution in [1.82, 2.24) is 19.9 Å². The van der Waals surface area contributed by atoms with E-state index in [0.717, 1.165) is 18.5 Å². The summed E-state index contributed by atoms with van der Waals surface area (Å²) in [6.45, 7) is 1.33. The van der Waals surface area contributed by atoms with Crippen LogP contribution in [0, 0.1) is 17.2 Å². The first-order valence-corrected chi connectivity index (χ1v) is 7.60. The Morgan fingerprint density at radius 2 is 2.35 bits per heavy atom. The van der Waals surface area contributed by atoms with E-state index in [0.29, 0.717) is 35.3 Å². The molecule has 1 fully saturated rings. The van der Waals surface area contributed by atoms with Crippen LogP contribution >= 0.6 is 11.6 Å². The first-order valence-electron chi connectivity index (χ1n) is 7.22. The normalized spacial score (nSPS) is 17.2. The molecule has 8 heteroatoms. The molecule has 2 heterocycles. The summed E-state index contributed by atoms with van der Waals surface area (Å²) < 4.78 is 1.57. The second kappa shape index (κ2) is 6.26. The first kappa shape index (κ1) is 15.3. The van der Waals surface area contributed by atoms with Gasteiger partial charge in [-0.25, -0.2) is 9.48 Å². The number of nitrogens with zero attached hydrogens (tertiary/aromatic N) is 5. The van der Waals surface area contributed by atoms with Gasteiger partial charge in [-0.05, 0) is 37.0 Å². The topological polar surface area (TPSA) is 101 Å². The number of amides is 2. The highest BCUT2D eigenvalue weighted by Crippen LogP contribution is 2.22. The van der Waals surface area contributed by atoms with Crippen LogP contribution in [0.4, 0.5) is 4.79 Å². The Morgan fingerprint density at radius 3 is 3.04 bits per heavy atom. The summed E-state index contributed by atoms with van der Waals surface area (Å²) >= 11 is 5.90. The molecule has 1 aliphatic rings. The number of urea groups is 1. The SMILES string of the molecule is N#Cc1cc(Cl)ccc1-n1cc(CC2CCN(C(N)=O)C2)nn1. The van der Waals surface area contributed by atoms with Crippen molar-refractivity contribution in [2.75, 3.05) is 13.1 Å². The van der Waals surface area contributed by atoms with Crippen LogP contribution in [-0.4, -0.2) is 39.0 Å². The van der Waals surface area contributed by atoms with E-state index >= 15 is 0 Å². The van der Waals surface area contributed by atoms with E-state index in [1.807, 2.05) is 0 Å². The van der Waals surface area contributed by atoms with Gasteiger partial charge in [0.25, 0.3) is 0 Å². The van der Waals surface area contributed by atoms with Gasteiger partial charge < -0.3 is 10.6 Å². The van der Waals surface area contributed by atoms with Gasteiger partial charge in [-0.2, -0.15) is 5.26 Å². The first-order chi connectivity index (χ1) is 11.1. The van der Waals surface area contributed by atoms with E-state index in [2.05, 4.69) is 16.4 Å². The molecule has 0 saturated carbocycles. The summed E-state index contributed by atoms with van der Waals surface area (Å²) in [5.41, 5.74) is 7.19. The predicted molar refractivity (Wildman–Crippen MR) is 84.1 cm³/mol. The van der Waals surface area contributed by atoms with Crippen LogP contribution in [0.1, 0.15) is 17.7 Å². The molecule has 1 aliphatic heterocycles. The Morgan fingerprint density at radius 1 is 1.52 bits per heavy atom. The third-order valence-electron chi connectivity index (χ3n) is 3.96. The minimum absolute atomic E-state index is 0.327. The van der Waals surface area contributed by atoms with E-state index in [-0.39, 0.29) is 6.03 Å². The molecule has 7 nitrogen and oxygen atoms in total. The van der Waals surface area contributed by atoms with Gasteiger partial charge in [0.2, 0.25) is 0 Å². The Labute approximate surface area is 138 Å². The minimum Gasteiger partial charge on any atom is -0.351 e. The van der Waals surface area contributed by atoms with Gasteiger partial charge in [-0.15, -0.1) is 5.10 Å². The van der Waals surface area contributed by atoms with Crippen LogP contribution < -0.4 is 5.73 Å². The largest absolute Gasteiger partial charge is 0.351 e. The van der Waals surface area contributed by atoms with Crippen molar-refractivity contribution in [3.05, 3.63) is 40.7 Å². The summed E-state index contributed by atoms with van der Waals surface area (Å²) in [6, 6.07) is 6.77. The lowest BCUT2D eigenvalue weighted by atomic mass is 10.0. The van der Waals surface area contributed by atoms with Crippen molar-refractivity contribution >= 4 is 17.6 Å². The van der Waals surface area contributed by atoms with Crippen molar-refractivity contribution in [2.45, 2.75) is 12.8 Å². The fraction of sp³-hybridized carbons (Fsp3) is 0.333. The number of benzene rings is 1. The summed E-state index contributed by atoms with van der Waals surface area (Å²) in [7, 11) is 0. The number of hydrogen-bond acceptors (Lipinski definition) is 4. The zero-order chi connectivity index (χ0) is 16.4. The van der Waals surface area contributed by atoms with E-state index in [1.165, 1.54) is 0 Å². The maximum atomic E-state index is 11.2. The average Bonchev–Trinajstić information content (AvgIpc) is 3.17. The standard InChI is InChI=1S/C15H15ClN6O/c16-12-1-2-14(11(6-12)7-17)22-9-13(19-20-22)5-10-3-4-21(8-10)15(18)23/h1-2,6,9-10H,3-5,8H2,(H2,18,23). The second-order valence-electron chi connectivity index (χ2n) is 5.57. The summed E-state index contributed by atoms with van der Waals surface area (Å²) in [4.78, 5) is 12.8. The van der Waals surface area contributed by atoms with Crippen molar-refractivity contribution in [1.29, 1.82) is 5.26 Å². The molecule has 1 atom stereocenters. The van der Waals surface area contributed by atoms with Gasteiger partial charge in [-0.1, -0.05) is 16.8 Å². The smallest absolute Gasteiger partial charge is 0.314 e. The molecule has 1 unspecified atom stereocenters. The molecule has 3 rings (SSSR count). The minimum atomic E-state index is -0.379. The van der Waals surface area contributed by atoms with Crippen molar-refractivity contribution < 1.29 is 4.79 Å². The quantitative estimate of drug-likeness (QED) is 0.926. The number of nitrogens with two attached hydrogens (primary N) is 1.